The SMILES string of the molecule is C#Cc1cccc2c1C[C@@H]1/C(=C\O[C@@H]3C=C(C)C(=O)O3)C(=O)C[C@H]21. The molecule has 4 rings (SSSR count). The Morgan fingerprint density at radius 2 is 2.12 bits per heavy atom. The molecule has 120 valence electrons. The molecule has 3 atom stereocenters. The van der Waals surface area contributed by atoms with Gasteiger partial charge in [0.15, 0.2) is 5.78 Å². The van der Waals surface area contributed by atoms with Gasteiger partial charge in [0.05, 0.1) is 6.26 Å². The zero-order chi connectivity index (χ0) is 16.8. The number of Topliss-reactive ketones (excluding diaryl/α,β-unsaturated/α-hetero) is 1. The van der Waals surface area contributed by atoms with Crippen LogP contribution in [0.15, 0.2) is 41.7 Å². The minimum atomic E-state index is -0.748. The maximum Gasteiger partial charge on any atom is 0.336 e. The Labute approximate surface area is 140 Å². The fourth-order valence-corrected chi connectivity index (χ4v) is 3.86. The highest BCUT2D eigenvalue weighted by atomic mass is 16.7. The Morgan fingerprint density at radius 1 is 1.29 bits per heavy atom. The first-order valence-electron chi connectivity index (χ1n) is 7.95. The summed E-state index contributed by atoms with van der Waals surface area (Å²) in [4.78, 5) is 23.7. The van der Waals surface area contributed by atoms with E-state index in [9.17, 15) is 9.59 Å². The molecule has 24 heavy (non-hydrogen) atoms. The summed E-state index contributed by atoms with van der Waals surface area (Å²) in [5.41, 5.74) is 4.42. The number of ketones is 1. The van der Waals surface area contributed by atoms with Crippen LogP contribution in [0.4, 0.5) is 0 Å². The second-order valence-corrected chi connectivity index (χ2v) is 6.39. The van der Waals surface area contributed by atoms with Crippen molar-refractivity contribution in [2.24, 2.45) is 5.92 Å². The molecule has 1 saturated carbocycles. The predicted octanol–water partition coefficient (Wildman–Crippen LogP) is 2.63. The number of terminal acetylenes is 1. The Morgan fingerprint density at radius 3 is 2.83 bits per heavy atom. The molecule has 0 aromatic heterocycles. The van der Waals surface area contributed by atoms with Crippen molar-refractivity contribution in [1.82, 2.24) is 0 Å². The third-order valence-electron chi connectivity index (χ3n) is 5.06. The van der Waals surface area contributed by atoms with E-state index in [4.69, 9.17) is 15.9 Å². The lowest BCUT2D eigenvalue weighted by atomic mass is 9.95. The van der Waals surface area contributed by atoms with Gasteiger partial charge in [-0.3, -0.25) is 4.79 Å². The molecular formula is C20H16O4. The molecule has 1 aromatic carbocycles. The number of hydrogen-bond donors (Lipinski definition) is 0. The maximum atomic E-state index is 12.4. The normalized spacial score (nSPS) is 29.1. The third kappa shape index (κ3) is 2.16. The smallest absolute Gasteiger partial charge is 0.336 e. The summed E-state index contributed by atoms with van der Waals surface area (Å²) in [6.45, 7) is 1.67. The molecule has 1 fully saturated rings. The molecule has 0 unspecified atom stereocenters. The van der Waals surface area contributed by atoms with Gasteiger partial charge in [0.1, 0.15) is 0 Å². The van der Waals surface area contributed by atoms with Crippen LogP contribution in [0.1, 0.15) is 36.0 Å². The quantitative estimate of drug-likeness (QED) is 0.364. The van der Waals surface area contributed by atoms with Gasteiger partial charge in [-0.05, 0) is 36.5 Å². The molecule has 0 spiro atoms. The van der Waals surface area contributed by atoms with Crippen molar-refractivity contribution in [1.29, 1.82) is 0 Å². The highest BCUT2D eigenvalue weighted by Gasteiger charge is 2.44. The van der Waals surface area contributed by atoms with Crippen LogP contribution in [0.5, 0.6) is 0 Å². The van der Waals surface area contributed by atoms with Crippen LogP contribution >= 0.6 is 0 Å². The molecule has 4 heteroatoms. The largest absolute Gasteiger partial charge is 0.458 e. The fourth-order valence-electron chi connectivity index (χ4n) is 3.86. The number of allylic oxidation sites excluding steroid dienone is 1. The van der Waals surface area contributed by atoms with Crippen molar-refractivity contribution >= 4 is 11.8 Å². The van der Waals surface area contributed by atoms with Crippen molar-refractivity contribution < 1.29 is 19.1 Å². The van der Waals surface area contributed by atoms with Crippen molar-refractivity contribution in [2.75, 3.05) is 0 Å². The summed E-state index contributed by atoms with van der Waals surface area (Å²) in [5, 5.41) is 0. The Hall–Kier alpha value is -2.80. The maximum absolute atomic E-state index is 12.4. The number of ether oxygens (including phenoxy) is 2. The lowest BCUT2D eigenvalue weighted by molar-refractivity contribution is -0.152. The Kier molecular flexibility index (Phi) is 3.31. The van der Waals surface area contributed by atoms with E-state index >= 15 is 0 Å². The topological polar surface area (TPSA) is 52.6 Å². The van der Waals surface area contributed by atoms with Crippen LogP contribution < -0.4 is 0 Å². The molecule has 1 heterocycles. The molecule has 0 radical (unpaired) electrons. The van der Waals surface area contributed by atoms with Crippen molar-refractivity contribution in [3.05, 3.63) is 58.4 Å². The monoisotopic (exact) mass is 320 g/mol. The van der Waals surface area contributed by atoms with Gasteiger partial charge in [-0.1, -0.05) is 18.1 Å². The molecule has 1 aliphatic heterocycles. The predicted molar refractivity (Wildman–Crippen MR) is 86.7 cm³/mol. The molecule has 0 saturated heterocycles. The summed E-state index contributed by atoms with van der Waals surface area (Å²) in [5.74, 6) is 2.68. The first-order chi connectivity index (χ1) is 11.6. The van der Waals surface area contributed by atoms with Crippen LogP contribution in [0, 0.1) is 18.3 Å². The number of cyclic esters (lactones) is 1. The second kappa shape index (κ2) is 5.38. The van der Waals surface area contributed by atoms with Crippen LogP contribution in [-0.4, -0.2) is 18.0 Å². The van der Waals surface area contributed by atoms with Gasteiger partial charge >= 0.3 is 5.97 Å². The molecule has 2 aliphatic carbocycles. The van der Waals surface area contributed by atoms with Gasteiger partial charge in [-0.2, -0.15) is 0 Å². The van der Waals surface area contributed by atoms with Gasteiger partial charge in [0, 0.05) is 35.1 Å². The van der Waals surface area contributed by atoms with Crippen molar-refractivity contribution in [3.63, 3.8) is 0 Å². The molecule has 0 amide bonds. The van der Waals surface area contributed by atoms with Crippen LogP contribution in [-0.2, 0) is 25.5 Å². The van der Waals surface area contributed by atoms with Crippen molar-refractivity contribution in [2.45, 2.75) is 32.0 Å². The van der Waals surface area contributed by atoms with Gasteiger partial charge < -0.3 is 9.47 Å². The molecule has 1 aromatic rings. The lowest BCUT2D eigenvalue weighted by Gasteiger charge is -2.12. The number of carbonyl (C=O) groups is 2. The highest BCUT2D eigenvalue weighted by molar-refractivity contribution is 5.99. The van der Waals surface area contributed by atoms with Gasteiger partial charge in [0.25, 0.3) is 6.29 Å². The molecule has 4 nitrogen and oxygen atoms in total. The van der Waals surface area contributed by atoms with E-state index in [1.807, 2.05) is 12.1 Å². The van der Waals surface area contributed by atoms with Crippen LogP contribution in [0.3, 0.4) is 0 Å². The molecule has 0 bridgehead atoms. The van der Waals surface area contributed by atoms with Gasteiger partial charge in [-0.25, -0.2) is 4.79 Å². The number of hydrogen-bond acceptors (Lipinski definition) is 4. The number of carbonyl (C=O) groups excluding carboxylic acids is 2. The van der Waals surface area contributed by atoms with E-state index in [2.05, 4.69) is 12.0 Å². The summed E-state index contributed by atoms with van der Waals surface area (Å²) in [6, 6.07) is 5.94. The van der Waals surface area contributed by atoms with E-state index in [0.717, 1.165) is 17.5 Å². The van der Waals surface area contributed by atoms with Crippen molar-refractivity contribution in [3.8, 4) is 12.3 Å². The zero-order valence-electron chi connectivity index (χ0n) is 13.2. The first kappa shape index (κ1) is 14.8. The fraction of sp³-hybridized carbons (Fsp3) is 0.300. The minimum Gasteiger partial charge on any atom is -0.458 e. The standard InChI is InChI=1S/C20H16O4/c1-3-12-5-4-6-13-14(12)8-15-16(13)9-18(21)17(15)10-23-19-7-11(2)20(22)24-19/h1,4-7,10,15-16,19H,8-9H2,2H3/b17-10+/t15-,16+,19-/m0/s1. The minimum absolute atomic E-state index is 0.0872. The Balaban J connectivity index is 1.59. The summed E-state index contributed by atoms with van der Waals surface area (Å²) in [6.07, 6.45) is 9.15. The summed E-state index contributed by atoms with van der Waals surface area (Å²) < 4.78 is 10.6. The van der Waals surface area contributed by atoms with Gasteiger partial charge in [0.2, 0.25) is 0 Å². The zero-order valence-corrected chi connectivity index (χ0v) is 13.2. The number of rotatable bonds is 2. The lowest BCUT2D eigenvalue weighted by Crippen LogP contribution is -2.11. The number of esters is 1. The number of fused-ring (bicyclic) bond motifs is 3. The van der Waals surface area contributed by atoms with E-state index in [0.29, 0.717) is 17.6 Å². The average Bonchev–Trinajstić information content (AvgIpc) is 3.18. The van der Waals surface area contributed by atoms with Crippen LogP contribution in [0.2, 0.25) is 0 Å². The van der Waals surface area contributed by atoms with Crippen LogP contribution in [0.25, 0.3) is 0 Å². The van der Waals surface area contributed by atoms with E-state index in [1.165, 1.54) is 11.8 Å². The molecule has 3 aliphatic rings. The molecular weight excluding hydrogens is 304 g/mol. The van der Waals surface area contributed by atoms with E-state index < -0.39 is 6.29 Å². The average molecular weight is 320 g/mol. The summed E-state index contributed by atoms with van der Waals surface area (Å²) in [7, 11) is 0. The van der Waals surface area contributed by atoms with Gasteiger partial charge in [-0.15, -0.1) is 6.42 Å². The summed E-state index contributed by atoms with van der Waals surface area (Å²) >= 11 is 0. The third-order valence-corrected chi connectivity index (χ3v) is 5.06. The van der Waals surface area contributed by atoms with E-state index in [-0.39, 0.29) is 23.6 Å². The van der Waals surface area contributed by atoms with E-state index in [1.54, 1.807) is 13.0 Å². The number of benzene rings is 1. The molecule has 0 N–H and O–H groups in total. The Bertz CT molecular complexity index is 853. The second-order valence-electron chi connectivity index (χ2n) is 6.39. The first-order valence-corrected chi connectivity index (χ1v) is 7.95. The highest BCUT2D eigenvalue weighted by Crippen LogP contribution is 2.50.